The van der Waals surface area contributed by atoms with E-state index in [1.165, 1.54) is 12.1 Å². The molecule has 6 heteroatoms. The van der Waals surface area contributed by atoms with Crippen molar-refractivity contribution < 1.29 is 19.1 Å². The van der Waals surface area contributed by atoms with Crippen LogP contribution in [0, 0.1) is 29.5 Å². The summed E-state index contributed by atoms with van der Waals surface area (Å²) >= 11 is 0. The summed E-state index contributed by atoms with van der Waals surface area (Å²) in [5, 5.41) is 9.57. The summed E-state index contributed by atoms with van der Waals surface area (Å²) in [6.45, 7) is 3.55. The zero-order chi connectivity index (χ0) is 18.3. The van der Waals surface area contributed by atoms with Crippen molar-refractivity contribution in [2.75, 3.05) is 26.2 Å². The molecule has 1 amide bonds. The number of carboxylic acid groups (broad SMARTS) is 1. The number of rotatable bonds is 4. The van der Waals surface area contributed by atoms with Gasteiger partial charge in [-0.2, -0.15) is 0 Å². The fourth-order valence-corrected chi connectivity index (χ4v) is 5.19. The van der Waals surface area contributed by atoms with Gasteiger partial charge in [0.05, 0.1) is 11.8 Å². The second-order valence-electron chi connectivity index (χ2n) is 7.95. The molecule has 1 aromatic rings. The van der Waals surface area contributed by atoms with Crippen LogP contribution in [-0.2, 0) is 16.1 Å². The largest absolute Gasteiger partial charge is 0.481 e. The Balaban J connectivity index is 1.35. The molecule has 4 atom stereocenters. The summed E-state index contributed by atoms with van der Waals surface area (Å²) in [5.41, 5.74) is 1.06. The molecule has 0 spiro atoms. The molecule has 1 aromatic carbocycles. The normalized spacial score (nSPS) is 31.3. The second kappa shape index (κ2) is 6.99. The van der Waals surface area contributed by atoms with E-state index in [4.69, 9.17) is 0 Å². The molecule has 2 bridgehead atoms. The number of carbonyl (C=O) groups is 2. The number of hydrogen-bond acceptors (Lipinski definition) is 3. The van der Waals surface area contributed by atoms with Crippen LogP contribution in [0.1, 0.15) is 24.8 Å². The molecule has 2 aliphatic carbocycles. The molecule has 3 aliphatic rings. The molecule has 0 unspecified atom stereocenters. The Morgan fingerprint density at radius 3 is 2.23 bits per heavy atom. The number of nitrogens with zero attached hydrogens (tertiary/aromatic N) is 2. The van der Waals surface area contributed by atoms with Crippen molar-refractivity contribution in [1.29, 1.82) is 0 Å². The van der Waals surface area contributed by atoms with E-state index >= 15 is 0 Å². The van der Waals surface area contributed by atoms with Crippen molar-refractivity contribution in [1.82, 2.24) is 9.80 Å². The third kappa shape index (κ3) is 3.22. The first-order valence-corrected chi connectivity index (χ1v) is 9.51. The first kappa shape index (κ1) is 17.5. The second-order valence-corrected chi connectivity index (χ2v) is 7.95. The molecule has 140 valence electrons. The lowest BCUT2D eigenvalue weighted by Gasteiger charge is -2.38. The maximum absolute atomic E-state index is 13.0. The van der Waals surface area contributed by atoms with Gasteiger partial charge in [-0.1, -0.05) is 12.1 Å². The summed E-state index contributed by atoms with van der Waals surface area (Å²) in [7, 11) is 0. The molecule has 2 saturated carbocycles. The van der Waals surface area contributed by atoms with Crippen LogP contribution in [0.15, 0.2) is 24.3 Å². The van der Waals surface area contributed by atoms with Gasteiger partial charge in [-0.15, -0.1) is 0 Å². The smallest absolute Gasteiger partial charge is 0.307 e. The lowest BCUT2D eigenvalue weighted by molar-refractivity contribution is -0.153. The van der Waals surface area contributed by atoms with Gasteiger partial charge in [0, 0.05) is 32.7 Å². The zero-order valence-electron chi connectivity index (χ0n) is 14.8. The molecule has 1 heterocycles. The summed E-state index contributed by atoms with van der Waals surface area (Å²) < 4.78 is 13.0. The van der Waals surface area contributed by atoms with Gasteiger partial charge in [-0.25, -0.2) is 4.39 Å². The molecular weight excluding hydrogens is 335 g/mol. The molecule has 4 rings (SSSR count). The standard InChI is InChI=1S/C20H25FN2O3/c21-16-5-1-13(2-6-16)12-22-7-9-23(10-8-22)19(24)17-14-3-4-15(11-14)18(17)20(25)26/h1-2,5-6,14-15,17-18H,3-4,7-12H2,(H,25,26)/t14-,15+,17-,18-/m0/s1. The number of aliphatic carboxylic acids is 1. The fourth-order valence-electron chi connectivity index (χ4n) is 5.19. The molecule has 1 N–H and O–H groups in total. The van der Waals surface area contributed by atoms with Crippen LogP contribution in [0.25, 0.3) is 0 Å². The number of carboxylic acids is 1. The van der Waals surface area contributed by atoms with Crippen LogP contribution in [0.4, 0.5) is 4.39 Å². The van der Waals surface area contributed by atoms with Crippen molar-refractivity contribution in [3.05, 3.63) is 35.6 Å². The van der Waals surface area contributed by atoms with Crippen LogP contribution >= 0.6 is 0 Å². The van der Waals surface area contributed by atoms with Crippen molar-refractivity contribution in [3.8, 4) is 0 Å². The molecule has 26 heavy (non-hydrogen) atoms. The van der Waals surface area contributed by atoms with Crippen molar-refractivity contribution in [3.63, 3.8) is 0 Å². The first-order chi connectivity index (χ1) is 12.5. The van der Waals surface area contributed by atoms with Gasteiger partial charge in [0.2, 0.25) is 5.91 Å². The van der Waals surface area contributed by atoms with Crippen molar-refractivity contribution in [2.24, 2.45) is 23.7 Å². The van der Waals surface area contributed by atoms with Crippen molar-refractivity contribution in [2.45, 2.75) is 25.8 Å². The van der Waals surface area contributed by atoms with Gasteiger partial charge < -0.3 is 10.0 Å². The van der Waals surface area contributed by atoms with Crippen LogP contribution < -0.4 is 0 Å². The number of piperazine rings is 1. The predicted octanol–water partition coefficient (Wildman–Crippen LogP) is 2.22. The van der Waals surface area contributed by atoms with Gasteiger partial charge in [-0.3, -0.25) is 14.5 Å². The molecule has 5 nitrogen and oxygen atoms in total. The van der Waals surface area contributed by atoms with E-state index in [0.29, 0.717) is 13.1 Å². The van der Waals surface area contributed by atoms with Crippen LogP contribution in [-0.4, -0.2) is 53.0 Å². The SMILES string of the molecule is O=C(O)[C@H]1[C@@H]2CC[C@@H](C2)[C@@H]1C(=O)N1CCN(Cc2ccc(F)cc2)CC1. The Kier molecular flexibility index (Phi) is 4.69. The third-order valence-corrected chi connectivity index (χ3v) is 6.49. The number of fused-ring (bicyclic) bond motifs is 2. The maximum atomic E-state index is 13.0. The van der Waals surface area contributed by atoms with Crippen molar-refractivity contribution >= 4 is 11.9 Å². The third-order valence-electron chi connectivity index (χ3n) is 6.49. The van der Waals surface area contributed by atoms with Gasteiger partial charge in [0.25, 0.3) is 0 Å². The van der Waals surface area contributed by atoms with E-state index in [-0.39, 0.29) is 29.5 Å². The quantitative estimate of drug-likeness (QED) is 0.894. The number of carbonyl (C=O) groups excluding carboxylic acids is 1. The van der Waals surface area contributed by atoms with E-state index in [1.54, 1.807) is 12.1 Å². The van der Waals surface area contributed by atoms with Gasteiger partial charge in [-0.05, 0) is 48.8 Å². The molecule has 1 aliphatic heterocycles. The highest BCUT2D eigenvalue weighted by Crippen LogP contribution is 2.53. The Labute approximate surface area is 152 Å². The Hall–Kier alpha value is -1.95. The molecule has 0 aromatic heterocycles. The monoisotopic (exact) mass is 360 g/mol. The minimum Gasteiger partial charge on any atom is -0.481 e. The van der Waals surface area contributed by atoms with Gasteiger partial charge in [0.1, 0.15) is 5.82 Å². The highest BCUT2D eigenvalue weighted by atomic mass is 19.1. The highest BCUT2D eigenvalue weighted by Gasteiger charge is 2.54. The van der Waals surface area contributed by atoms with E-state index in [0.717, 1.165) is 44.5 Å². The van der Waals surface area contributed by atoms with E-state index in [1.807, 2.05) is 4.90 Å². The Morgan fingerprint density at radius 1 is 1.00 bits per heavy atom. The minimum absolute atomic E-state index is 0.0473. The average Bonchev–Trinajstić information content (AvgIpc) is 3.25. The topological polar surface area (TPSA) is 60.9 Å². The molecule has 1 saturated heterocycles. The Bertz CT molecular complexity index is 685. The summed E-state index contributed by atoms with van der Waals surface area (Å²) in [5.74, 6) is -1.36. The van der Waals surface area contributed by atoms with Crippen LogP contribution in [0.5, 0.6) is 0 Å². The highest BCUT2D eigenvalue weighted by molar-refractivity contribution is 5.86. The Morgan fingerprint density at radius 2 is 1.62 bits per heavy atom. The van der Waals surface area contributed by atoms with Gasteiger partial charge >= 0.3 is 5.97 Å². The predicted molar refractivity (Wildman–Crippen MR) is 93.7 cm³/mol. The minimum atomic E-state index is -0.800. The summed E-state index contributed by atoms with van der Waals surface area (Å²) in [6.07, 6.45) is 2.85. The lowest BCUT2D eigenvalue weighted by Crippen LogP contribution is -2.52. The molecule has 3 fully saturated rings. The van der Waals surface area contributed by atoms with Crippen LogP contribution in [0.2, 0.25) is 0 Å². The number of hydrogen-bond donors (Lipinski definition) is 1. The molecular formula is C20H25FN2O3. The van der Waals surface area contributed by atoms with Crippen LogP contribution in [0.3, 0.4) is 0 Å². The average molecular weight is 360 g/mol. The lowest BCUT2D eigenvalue weighted by atomic mass is 9.78. The van der Waals surface area contributed by atoms with E-state index in [9.17, 15) is 19.1 Å². The van der Waals surface area contributed by atoms with Gasteiger partial charge in [0.15, 0.2) is 0 Å². The summed E-state index contributed by atoms with van der Waals surface area (Å²) in [4.78, 5) is 28.8. The first-order valence-electron chi connectivity index (χ1n) is 9.51. The molecule has 0 radical (unpaired) electrons. The fraction of sp³-hybridized carbons (Fsp3) is 0.600. The number of benzene rings is 1. The maximum Gasteiger partial charge on any atom is 0.307 e. The van der Waals surface area contributed by atoms with E-state index in [2.05, 4.69) is 4.90 Å². The number of amides is 1. The summed E-state index contributed by atoms with van der Waals surface area (Å²) in [6, 6.07) is 6.52. The zero-order valence-corrected chi connectivity index (χ0v) is 14.8. The van der Waals surface area contributed by atoms with E-state index < -0.39 is 11.9 Å². The number of halogens is 1.